The Morgan fingerprint density at radius 2 is 2.29 bits per heavy atom. The predicted molar refractivity (Wildman–Crippen MR) is 65.0 cm³/mol. The maximum absolute atomic E-state index is 5.45. The molecule has 1 aromatic carbocycles. The number of hydrogen-bond donors (Lipinski definition) is 1. The molecule has 0 aliphatic heterocycles. The smallest absolute Gasteiger partial charge is 0.140 e. The van der Waals surface area contributed by atoms with E-state index in [2.05, 4.69) is 37.1 Å². The van der Waals surface area contributed by atoms with Crippen LogP contribution in [0.5, 0.6) is 5.75 Å². The zero-order valence-corrected chi connectivity index (χ0v) is 9.91. The summed E-state index contributed by atoms with van der Waals surface area (Å²) in [6, 6.07) is 4.21. The fraction of sp³-hybridized carbons (Fsp3) is 0.273. The molecule has 14 heavy (non-hydrogen) atoms. The van der Waals surface area contributed by atoms with Crippen LogP contribution in [0.1, 0.15) is 12.5 Å². The van der Waals surface area contributed by atoms with Crippen LogP contribution in [0.2, 0.25) is 0 Å². The second-order valence-corrected chi connectivity index (χ2v) is 4.50. The first-order valence-electron chi connectivity index (χ1n) is 4.54. The minimum atomic E-state index is 0.954. The third kappa shape index (κ3) is 1.41. The monoisotopic (exact) mass is 224 g/mol. The number of ether oxygens (including phenoxy) is 1. The van der Waals surface area contributed by atoms with E-state index in [-0.39, 0.29) is 0 Å². The lowest BCUT2D eigenvalue weighted by Gasteiger charge is -2.10. The molecule has 3 heteroatoms. The van der Waals surface area contributed by atoms with Gasteiger partial charge in [0.25, 0.3) is 0 Å². The lowest BCUT2D eigenvalue weighted by molar-refractivity contribution is 0.414. The summed E-state index contributed by atoms with van der Waals surface area (Å²) in [6.45, 7) is 2.12. The standard InChI is InChI=1S/C11H12OS2/c1-3-8-9(13)6-7-4-5-14-11(7)10(8)12-2/h4-6,13H,3H2,1-2H3. The van der Waals surface area contributed by atoms with Gasteiger partial charge in [-0.25, -0.2) is 0 Å². The highest BCUT2D eigenvalue weighted by Gasteiger charge is 2.11. The van der Waals surface area contributed by atoms with E-state index in [1.165, 1.54) is 15.6 Å². The molecule has 0 spiro atoms. The van der Waals surface area contributed by atoms with Crippen molar-refractivity contribution in [1.82, 2.24) is 0 Å². The van der Waals surface area contributed by atoms with E-state index in [0.29, 0.717) is 0 Å². The van der Waals surface area contributed by atoms with Crippen molar-refractivity contribution in [2.75, 3.05) is 7.11 Å². The van der Waals surface area contributed by atoms with E-state index in [0.717, 1.165) is 17.1 Å². The van der Waals surface area contributed by atoms with Crippen LogP contribution in [0.25, 0.3) is 10.1 Å². The van der Waals surface area contributed by atoms with Gasteiger partial charge in [-0.1, -0.05) is 6.92 Å². The molecule has 2 aromatic rings. The minimum Gasteiger partial charge on any atom is -0.495 e. The second kappa shape index (κ2) is 3.83. The molecule has 0 aliphatic rings. The molecular weight excluding hydrogens is 212 g/mol. The van der Waals surface area contributed by atoms with Gasteiger partial charge in [0.2, 0.25) is 0 Å². The topological polar surface area (TPSA) is 9.23 Å². The molecule has 0 aliphatic carbocycles. The molecule has 1 aromatic heterocycles. The summed E-state index contributed by atoms with van der Waals surface area (Å²) in [4.78, 5) is 1.02. The molecule has 0 saturated carbocycles. The molecular formula is C11H12OS2. The molecule has 0 unspecified atom stereocenters. The van der Waals surface area contributed by atoms with Crippen molar-refractivity contribution in [3.63, 3.8) is 0 Å². The van der Waals surface area contributed by atoms with E-state index in [9.17, 15) is 0 Å². The Kier molecular flexibility index (Phi) is 2.70. The van der Waals surface area contributed by atoms with Gasteiger partial charge >= 0.3 is 0 Å². The number of hydrogen-bond acceptors (Lipinski definition) is 3. The average Bonchev–Trinajstić information content (AvgIpc) is 2.62. The summed E-state index contributed by atoms with van der Waals surface area (Å²) >= 11 is 6.20. The van der Waals surface area contributed by atoms with Gasteiger partial charge < -0.3 is 4.74 Å². The van der Waals surface area contributed by atoms with Crippen molar-refractivity contribution < 1.29 is 4.74 Å². The molecule has 1 nitrogen and oxygen atoms in total. The second-order valence-electron chi connectivity index (χ2n) is 3.10. The van der Waals surface area contributed by atoms with Crippen LogP contribution < -0.4 is 4.74 Å². The molecule has 0 fully saturated rings. The highest BCUT2D eigenvalue weighted by atomic mass is 32.1. The minimum absolute atomic E-state index is 0.954. The largest absolute Gasteiger partial charge is 0.495 e. The Morgan fingerprint density at radius 1 is 1.50 bits per heavy atom. The van der Waals surface area contributed by atoms with E-state index in [4.69, 9.17) is 4.74 Å². The van der Waals surface area contributed by atoms with Gasteiger partial charge in [-0.2, -0.15) is 0 Å². The number of methoxy groups -OCH3 is 1. The van der Waals surface area contributed by atoms with Crippen LogP contribution in [-0.4, -0.2) is 7.11 Å². The Labute approximate surface area is 93.1 Å². The molecule has 0 N–H and O–H groups in total. The summed E-state index contributed by atoms with van der Waals surface area (Å²) < 4.78 is 6.67. The zero-order valence-electron chi connectivity index (χ0n) is 8.20. The van der Waals surface area contributed by atoms with Crippen LogP contribution in [-0.2, 0) is 6.42 Å². The van der Waals surface area contributed by atoms with Crippen LogP contribution in [0.15, 0.2) is 22.4 Å². The molecule has 0 atom stereocenters. The van der Waals surface area contributed by atoms with Gasteiger partial charge in [0, 0.05) is 10.5 Å². The van der Waals surface area contributed by atoms with E-state index in [1.54, 1.807) is 18.4 Å². The molecule has 74 valence electrons. The fourth-order valence-electron chi connectivity index (χ4n) is 1.66. The van der Waals surface area contributed by atoms with Crippen LogP contribution in [0.3, 0.4) is 0 Å². The molecule has 0 amide bonds. The zero-order chi connectivity index (χ0) is 10.1. The first-order chi connectivity index (χ1) is 6.77. The van der Waals surface area contributed by atoms with E-state index >= 15 is 0 Å². The summed E-state index contributed by atoms with van der Waals surface area (Å²) in [5.74, 6) is 0.991. The van der Waals surface area contributed by atoms with Gasteiger partial charge in [-0.3, -0.25) is 0 Å². The van der Waals surface area contributed by atoms with Crippen LogP contribution in [0.4, 0.5) is 0 Å². The maximum atomic E-state index is 5.45. The Balaban J connectivity index is 2.82. The van der Waals surface area contributed by atoms with Gasteiger partial charge in [-0.05, 0) is 29.3 Å². The molecule has 0 saturated heterocycles. The Hall–Kier alpha value is -0.670. The third-order valence-electron chi connectivity index (χ3n) is 2.34. The molecule has 0 bridgehead atoms. The maximum Gasteiger partial charge on any atom is 0.140 e. The first-order valence-corrected chi connectivity index (χ1v) is 5.86. The van der Waals surface area contributed by atoms with E-state index < -0.39 is 0 Å². The normalized spacial score (nSPS) is 10.8. The first kappa shape index (κ1) is 9.87. The Morgan fingerprint density at radius 3 is 2.93 bits per heavy atom. The number of thiol groups is 1. The number of thiophene rings is 1. The van der Waals surface area contributed by atoms with Gasteiger partial charge in [0.1, 0.15) is 5.75 Å². The van der Waals surface area contributed by atoms with E-state index in [1.807, 2.05) is 0 Å². The molecule has 0 radical (unpaired) electrons. The van der Waals surface area contributed by atoms with Gasteiger partial charge in [-0.15, -0.1) is 24.0 Å². The number of benzene rings is 1. The van der Waals surface area contributed by atoms with Gasteiger partial charge in [0.05, 0.1) is 11.8 Å². The molecule has 1 heterocycles. The number of fused-ring (bicyclic) bond motifs is 1. The van der Waals surface area contributed by atoms with Gasteiger partial charge in [0.15, 0.2) is 0 Å². The van der Waals surface area contributed by atoms with Crippen LogP contribution >= 0.6 is 24.0 Å². The van der Waals surface area contributed by atoms with Crippen molar-refractivity contribution in [1.29, 1.82) is 0 Å². The summed E-state index contributed by atoms with van der Waals surface area (Å²) in [6.07, 6.45) is 0.954. The van der Waals surface area contributed by atoms with Crippen molar-refractivity contribution in [2.45, 2.75) is 18.2 Å². The average molecular weight is 224 g/mol. The number of rotatable bonds is 2. The summed E-state index contributed by atoms with van der Waals surface area (Å²) in [5, 5.41) is 3.30. The van der Waals surface area contributed by atoms with Crippen molar-refractivity contribution >= 4 is 34.1 Å². The quantitative estimate of drug-likeness (QED) is 0.764. The van der Waals surface area contributed by atoms with Crippen molar-refractivity contribution in [2.24, 2.45) is 0 Å². The lowest BCUT2D eigenvalue weighted by atomic mass is 10.1. The highest BCUT2D eigenvalue weighted by molar-refractivity contribution is 7.80. The lowest BCUT2D eigenvalue weighted by Crippen LogP contribution is -1.92. The van der Waals surface area contributed by atoms with Crippen molar-refractivity contribution in [3.8, 4) is 5.75 Å². The fourth-order valence-corrected chi connectivity index (χ4v) is 2.99. The summed E-state index contributed by atoms with van der Waals surface area (Å²) in [5.41, 5.74) is 1.20. The van der Waals surface area contributed by atoms with Crippen LogP contribution in [0, 0.1) is 0 Å². The van der Waals surface area contributed by atoms with Crippen molar-refractivity contribution in [3.05, 3.63) is 23.1 Å². The summed E-state index contributed by atoms with van der Waals surface area (Å²) in [7, 11) is 1.72. The highest BCUT2D eigenvalue weighted by Crippen LogP contribution is 2.37. The molecule has 2 rings (SSSR count). The Bertz CT molecular complexity index is 460. The third-order valence-corrected chi connectivity index (χ3v) is 3.66. The SMILES string of the molecule is CCc1c(S)cc2ccsc2c1OC. The predicted octanol–water partition coefficient (Wildman–Crippen LogP) is 3.76.